The van der Waals surface area contributed by atoms with Crippen LogP contribution in [0.5, 0.6) is 5.75 Å². The molecule has 3 N–H and O–H groups in total. The molecule has 2 aliphatic heterocycles. The molecule has 4 heterocycles. The van der Waals surface area contributed by atoms with Crippen LogP contribution in [-0.4, -0.2) is 95.7 Å². The molecule has 0 spiro atoms. The van der Waals surface area contributed by atoms with E-state index in [1.54, 1.807) is 19.1 Å². The van der Waals surface area contributed by atoms with Gasteiger partial charge in [0.2, 0.25) is 5.91 Å². The number of anilines is 2. The minimum atomic E-state index is -0.715. The predicted molar refractivity (Wildman–Crippen MR) is 167 cm³/mol. The number of hydrogen-bond donors (Lipinski definition) is 3. The maximum atomic E-state index is 13.1. The van der Waals surface area contributed by atoms with Crippen LogP contribution >= 0.6 is 0 Å². The van der Waals surface area contributed by atoms with Gasteiger partial charge >= 0.3 is 0 Å². The number of carbonyl (C=O) groups excluding carboxylic acids is 2. The Kier molecular flexibility index (Phi) is 10.0. The van der Waals surface area contributed by atoms with Gasteiger partial charge in [-0.1, -0.05) is 6.07 Å². The van der Waals surface area contributed by atoms with Gasteiger partial charge in [-0.25, -0.2) is 9.97 Å². The molecule has 236 valence electrons. The van der Waals surface area contributed by atoms with E-state index in [0.717, 1.165) is 49.6 Å². The molecule has 2 aliphatic rings. The van der Waals surface area contributed by atoms with E-state index >= 15 is 0 Å². The SMILES string of the molecule is CC(=O)N1CCC(Nc2cc(C(=O)NC[C@H](O)CN3CCc4cc(OCc5ocnc5C)ccc4C3)cc(N(C)C)n2)CC1. The number of ether oxygens (including phenoxy) is 1. The molecule has 12 nitrogen and oxygen atoms in total. The number of aryl methyl sites for hydroxylation is 1. The van der Waals surface area contributed by atoms with Gasteiger partial charge in [-0.2, -0.15) is 0 Å². The van der Waals surface area contributed by atoms with Crippen molar-refractivity contribution in [1.29, 1.82) is 0 Å². The molecule has 2 aromatic heterocycles. The number of nitrogens with one attached hydrogen (secondary N) is 2. The molecule has 12 heteroatoms. The quantitative estimate of drug-likeness (QED) is 0.299. The number of benzene rings is 1. The van der Waals surface area contributed by atoms with Crippen molar-refractivity contribution in [2.24, 2.45) is 0 Å². The Balaban J connectivity index is 1.11. The van der Waals surface area contributed by atoms with Crippen LogP contribution in [0.15, 0.2) is 41.1 Å². The summed E-state index contributed by atoms with van der Waals surface area (Å²) >= 11 is 0. The van der Waals surface area contributed by atoms with Crippen LogP contribution in [0, 0.1) is 6.92 Å². The summed E-state index contributed by atoms with van der Waals surface area (Å²) in [5.74, 6) is 2.63. The Bertz CT molecular complexity index is 1450. The molecular formula is C32H43N7O5. The first-order valence-corrected chi connectivity index (χ1v) is 15.2. The molecule has 0 radical (unpaired) electrons. The number of oxazole rings is 1. The number of carbonyl (C=O) groups is 2. The molecule has 0 unspecified atom stereocenters. The normalized spacial score (nSPS) is 16.2. The van der Waals surface area contributed by atoms with Crippen LogP contribution < -0.4 is 20.3 Å². The number of rotatable bonds is 11. The number of aromatic nitrogens is 2. The van der Waals surface area contributed by atoms with Crippen molar-refractivity contribution in [3.63, 3.8) is 0 Å². The summed E-state index contributed by atoms with van der Waals surface area (Å²) in [5.41, 5.74) is 3.74. The van der Waals surface area contributed by atoms with Gasteiger partial charge in [0.05, 0.1) is 11.8 Å². The minimum Gasteiger partial charge on any atom is -0.486 e. The summed E-state index contributed by atoms with van der Waals surface area (Å²) in [6.45, 7) is 7.35. The number of nitrogens with zero attached hydrogens (tertiary/aromatic N) is 5. The average Bonchev–Trinajstić information content (AvgIpc) is 3.43. The van der Waals surface area contributed by atoms with Gasteiger partial charge in [-0.15, -0.1) is 0 Å². The molecule has 5 rings (SSSR count). The maximum Gasteiger partial charge on any atom is 0.251 e. The van der Waals surface area contributed by atoms with Crippen molar-refractivity contribution in [2.45, 2.75) is 58.4 Å². The highest BCUT2D eigenvalue weighted by Crippen LogP contribution is 2.25. The zero-order valence-corrected chi connectivity index (χ0v) is 26.0. The summed E-state index contributed by atoms with van der Waals surface area (Å²) < 4.78 is 11.3. The average molecular weight is 606 g/mol. The third kappa shape index (κ3) is 8.06. The summed E-state index contributed by atoms with van der Waals surface area (Å²) in [5, 5.41) is 17.1. The number of piperidine rings is 1. The maximum absolute atomic E-state index is 13.1. The third-order valence-corrected chi connectivity index (χ3v) is 8.28. The first kappa shape index (κ1) is 31.3. The van der Waals surface area contributed by atoms with Crippen LogP contribution in [0.4, 0.5) is 11.6 Å². The Morgan fingerprint density at radius 2 is 1.95 bits per heavy atom. The Labute approximate surface area is 258 Å². The largest absolute Gasteiger partial charge is 0.486 e. The standard InChI is InChI=1S/C32H43N7O5/c1-21-29(44-20-34-21)19-43-28-6-5-24-17-38(10-7-23(24)13-28)18-27(41)16-33-32(42)25-14-30(36-31(15-25)37(3)4)35-26-8-11-39(12-9-26)22(2)40/h5-6,13-15,20,26-27,41H,7-12,16-19H2,1-4H3,(H,33,42)(H,35,36)/t27-/m0/s1. The molecular weight excluding hydrogens is 562 g/mol. The van der Waals surface area contributed by atoms with Crippen molar-refractivity contribution in [2.75, 3.05) is 57.0 Å². The van der Waals surface area contributed by atoms with Gasteiger partial charge in [-0.05, 0) is 61.6 Å². The van der Waals surface area contributed by atoms with Crippen molar-refractivity contribution >= 4 is 23.5 Å². The van der Waals surface area contributed by atoms with Crippen LogP contribution in [0.25, 0.3) is 0 Å². The van der Waals surface area contributed by atoms with E-state index in [2.05, 4.69) is 37.6 Å². The van der Waals surface area contributed by atoms with Gasteiger partial charge in [0, 0.05) is 71.9 Å². The molecule has 44 heavy (non-hydrogen) atoms. The Hall–Kier alpha value is -4.16. The van der Waals surface area contributed by atoms with Crippen LogP contribution in [0.3, 0.4) is 0 Å². The number of amides is 2. The molecule has 1 fully saturated rings. The highest BCUT2D eigenvalue weighted by Gasteiger charge is 2.23. The van der Waals surface area contributed by atoms with E-state index in [1.165, 1.54) is 17.5 Å². The fourth-order valence-electron chi connectivity index (χ4n) is 5.62. The van der Waals surface area contributed by atoms with E-state index in [9.17, 15) is 14.7 Å². The van der Waals surface area contributed by atoms with E-state index in [4.69, 9.17) is 9.15 Å². The third-order valence-electron chi connectivity index (χ3n) is 8.28. The zero-order chi connectivity index (χ0) is 31.2. The molecule has 3 aromatic rings. The van der Waals surface area contributed by atoms with Crippen molar-refractivity contribution in [3.05, 3.63) is 64.9 Å². The lowest BCUT2D eigenvalue weighted by Gasteiger charge is -2.32. The molecule has 1 saturated heterocycles. The number of likely N-dealkylation sites (tertiary alicyclic amines) is 1. The first-order valence-electron chi connectivity index (χ1n) is 15.2. The number of hydrogen-bond acceptors (Lipinski definition) is 10. The molecule has 2 amide bonds. The topological polar surface area (TPSA) is 136 Å². The lowest BCUT2D eigenvalue weighted by atomic mass is 9.99. The molecule has 0 bridgehead atoms. The first-order chi connectivity index (χ1) is 21.1. The zero-order valence-electron chi connectivity index (χ0n) is 26.0. The molecule has 1 atom stereocenters. The summed E-state index contributed by atoms with van der Waals surface area (Å²) in [6, 6.07) is 9.77. The van der Waals surface area contributed by atoms with Gasteiger partial charge in [0.15, 0.2) is 12.2 Å². The lowest BCUT2D eigenvalue weighted by Crippen LogP contribution is -2.42. The summed E-state index contributed by atoms with van der Waals surface area (Å²) in [4.78, 5) is 39.5. The number of aliphatic hydroxyl groups excluding tert-OH is 1. The van der Waals surface area contributed by atoms with Crippen molar-refractivity contribution in [3.8, 4) is 5.75 Å². The fourth-order valence-corrected chi connectivity index (χ4v) is 5.62. The van der Waals surface area contributed by atoms with Crippen LogP contribution in [0.1, 0.15) is 52.7 Å². The lowest BCUT2D eigenvalue weighted by molar-refractivity contribution is -0.129. The van der Waals surface area contributed by atoms with E-state index < -0.39 is 6.10 Å². The Morgan fingerprint density at radius 3 is 2.66 bits per heavy atom. The highest BCUT2D eigenvalue weighted by atomic mass is 16.5. The number of aliphatic hydroxyl groups is 1. The minimum absolute atomic E-state index is 0.0947. The number of pyridine rings is 1. The van der Waals surface area contributed by atoms with E-state index in [-0.39, 0.29) is 24.4 Å². The molecule has 0 saturated carbocycles. The van der Waals surface area contributed by atoms with Crippen molar-refractivity contribution < 1.29 is 23.8 Å². The summed E-state index contributed by atoms with van der Waals surface area (Å²) in [7, 11) is 3.76. The smallest absolute Gasteiger partial charge is 0.251 e. The highest BCUT2D eigenvalue weighted by molar-refractivity contribution is 5.95. The van der Waals surface area contributed by atoms with Gasteiger partial charge in [-0.3, -0.25) is 14.5 Å². The second kappa shape index (κ2) is 14.1. The molecule has 0 aliphatic carbocycles. The Morgan fingerprint density at radius 1 is 1.16 bits per heavy atom. The van der Waals surface area contributed by atoms with Crippen molar-refractivity contribution in [1.82, 2.24) is 25.1 Å². The molecule has 1 aromatic carbocycles. The number of fused-ring (bicyclic) bond motifs is 1. The van der Waals surface area contributed by atoms with Crippen LogP contribution in [0.2, 0.25) is 0 Å². The van der Waals surface area contributed by atoms with Gasteiger partial charge < -0.3 is 34.7 Å². The van der Waals surface area contributed by atoms with Gasteiger partial charge in [0.1, 0.15) is 24.0 Å². The second-order valence-corrected chi connectivity index (χ2v) is 11.8. The van der Waals surface area contributed by atoms with E-state index in [0.29, 0.717) is 43.4 Å². The fraction of sp³-hybridized carbons (Fsp3) is 0.500. The summed E-state index contributed by atoms with van der Waals surface area (Å²) in [6.07, 6.45) is 3.20. The number of β-amino-alcohol motifs (C(OH)–C–C–N with tert-alkyl or cyclic N) is 1. The van der Waals surface area contributed by atoms with E-state index in [1.807, 2.05) is 36.9 Å². The monoisotopic (exact) mass is 605 g/mol. The van der Waals surface area contributed by atoms with Gasteiger partial charge in [0.25, 0.3) is 5.91 Å². The second-order valence-electron chi connectivity index (χ2n) is 11.8. The predicted octanol–water partition coefficient (Wildman–Crippen LogP) is 2.59. The van der Waals surface area contributed by atoms with Crippen LogP contribution in [-0.2, 0) is 24.4 Å².